The van der Waals surface area contributed by atoms with E-state index in [9.17, 15) is 9.59 Å². The first-order valence-electron chi connectivity index (χ1n) is 6.53. The zero-order chi connectivity index (χ0) is 15.5. The topological polar surface area (TPSA) is 98.0 Å². The molecule has 110 valence electrons. The van der Waals surface area contributed by atoms with Crippen LogP contribution in [0.3, 0.4) is 0 Å². The van der Waals surface area contributed by atoms with Crippen molar-refractivity contribution in [3.8, 4) is 0 Å². The second-order valence-electron chi connectivity index (χ2n) is 4.56. The number of allylic oxidation sites excluding steroid dienone is 3. The Morgan fingerprint density at radius 3 is 3.00 bits per heavy atom. The third kappa shape index (κ3) is 2.79. The molecule has 2 heterocycles. The molecule has 0 radical (unpaired) electrons. The number of anilines is 1. The van der Waals surface area contributed by atoms with Gasteiger partial charge in [0.2, 0.25) is 0 Å². The van der Waals surface area contributed by atoms with Crippen LogP contribution in [-0.2, 0) is 6.42 Å². The molecule has 0 atom stereocenters. The van der Waals surface area contributed by atoms with Crippen LogP contribution in [0.1, 0.15) is 31.5 Å². The van der Waals surface area contributed by atoms with Gasteiger partial charge in [0.15, 0.2) is 0 Å². The molecule has 1 aliphatic rings. The molecule has 0 saturated carbocycles. The first kappa shape index (κ1) is 14.2. The summed E-state index contributed by atoms with van der Waals surface area (Å²) in [5, 5.41) is 4.33. The van der Waals surface area contributed by atoms with Crippen molar-refractivity contribution in [1.29, 1.82) is 0 Å². The van der Waals surface area contributed by atoms with Gasteiger partial charge in [-0.2, -0.15) is 0 Å². The predicted molar refractivity (Wildman–Crippen MR) is 84.7 cm³/mol. The van der Waals surface area contributed by atoms with Gasteiger partial charge < -0.3 is 11.1 Å². The highest BCUT2D eigenvalue weighted by Crippen LogP contribution is 2.22. The maximum atomic E-state index is 12.3. The summed E-state index contributed by atoms with van der Waals surface area (Å²) in [5.74, 6) is -0.998. The Bertz CT molecular complexity index is 808. The van der Waals surface area contributed by atoms with Crippen molar-refractivity contribution in [2.45, 2.75) is 6.42 Å². The Morgan fingerprint density at radius 2 is 2.18 bits per heavy atom. The zero-order valence-corrected chi connectivity index (χ0v) is 12.3. The molecule has 22 heavy (non-hydrogen) atoms. The minimum Gasteiger partial charge on any atom is -0.365 e. The summed E-state index contributed by atoms with van der Waals surface area (Å²) in [5.41, 5.74) is 7.32. The summed E-state index contributed by atoms with van der Waals surface area (Å²) in [6, 6.07) is 1.63. The fourth-order valence-corrected chi connectivity index (χ4v) is 2.73. The Hall–Kier alpha value is -2.80. The maximum Gasteiger partial charge on any atom is 0.275 e. The van der Waals surface area contributed by atoms with Crippen LogP contribution in [0, 0.1) is 0 Å². The third-order valence-electron chi connectivity index (χ3n) is 3.06. The van der Waals surface area contributed by atoms with Gasteiger partial charge >= 0.3 is 0 Å². The second-order valence-corrected chi connectivity index (χ2v) is 5.48. The summed E-state index contributed by atoms with van der Waals surface area (Å²) >= 11 is 1.18. The van der Waals surface area contributed by atoms with Crippen molar-refractivity contribution in [2.24, 2.45) is 5.73 Å². The zero-order valence-electron chi connectivity index (χ0n) is 11.4. The van der Waals surface area contributed by atoms with Crippen molar-refractivity contribution in [2.75, 3.05) is 5.32 Å². The van der Waals surface area contributed by atoms with Crippen LogP contribution in [0.4, 0.5) is 5.69 Å². The van der Waals surface area contributed by atoms with Gasteiger partial charge in [-0.05, 0) is 17.5 Å². The molecule has 0 bridgehead atoms. The smallest absolute Gasteiger partial charge is 0.275 e. The van der Waals surface area contributed by atoms with Crippen LogP contribution < -0.4 is 11.1 Å². The van der Waals surface area contributed by atoms with Crippen LogP contribution in [0.2, 0.25) is 0 Å². The molecule has 0 aromatic carbocycles. The van der Waals surface area contributed by atoms with Crippen molar-refractivity contribution in [3.63, 3.8) is 0 Å². The number of aromatic nitrogens is 2. The number of amides is 2. The van der Waals surface area contributed by atoms with Crippen molar-refractivity contribution in [3.05, 3.63) is 57.8 Å². The molecule has 0 unspecified atom stereocenters. The van der Waals surface area contributed by atoms with Gasteiger partial charge in [-0.25, -0.2) is 4.98 Å². The lowest BCUT2D eigenvalue weighted by Crippen LogP contribution is -2.18. The number of fused-ring (bicyclic) bond motifs is 1. The molecule has 0 spiro atoms. The number of primary amides is 1. The lowest BCUT2D eigenvalue weighted by atomic mass is 10.2. The second kappa shape index (κ2) is 5.90. The fraction of sp³-hybridized carbons (Fsp3) is 0.0667. The van der Waals surface area contributed by atoms with Crippen LogP contribution in [-0.4, -0.2) is 21.8 Å². The van der Waals surface area contributed by atoms with Crippen LogP contribution in [0.5, 0.6) is 0 Å². The van der Waals surface area contributed by atoms with Gasteiger partial charge in [0.1, 0.15) is 10.6 Å². The minimum absolute atomic E-state index is 0.198. The lowest BCUT2D eigenvalue weighted by molar-refractivity contribution is 0.100. The van der Waals surface area contributed by atoms with Crippen LogP contribution in [0.15, 0.2) is 35.9 Å². The molecule has 2 amide bonds. The number of thiophene rings is 1. The number of nitrogens with one attached hydrogen (secondary N) is 1. The van der Waals surface area contributed by atoms with E-state index in [4.69, 9.17) is 5.73 Å². The SMILES string of the molecule is NC(=O)c1sccc1NC(=O)c1cnc2c(n1)CC=CC=C2. The number of hydrogen-bond donors (Lipinski definition) is 2. The van der Waals surface area contributed by atoms with E-state index in [-0.39, 0.29) is 5.69 Å². The van der Waals surface area contributed by atoms with Gasteiger partial charge in [0, 0.05) is 6.42 Å². The largest absolute Gasteiger partial charge is 0.365 e. The molecular weight excluding hydrogens is 300 g/mol. The number of carbonyl (C=O) groups is 2. The molecule has 0 saturated heterocycles. The number of rotatable bonds is 3. The van der Waals surface area contributed by atoms with Gasteiger partial charge in [-0.3, -0.25) is 14.6 Å². The van der Waals surface area contributed by atoms with Gasteiger partial charge in [-0.1, -0.05) is 18.2 Å². The first-order chi connectivity index (χ1) is 10.6. The molecule has 3 N–H and O–H groups in total. The van der Waals surface area contributed by atoms with E-state index in [1.807, 2.05) is 24.3 Å². The Morgan fingerprint density at radius 1 is 1.32 bits per heavy atom. The van der Waals surface area contributed by atoms with E-state index < -0.39 is 11.8 Å². The van der Waals surface area contributed by atoms with Crippen molar-refractivity contribution in [1.82, 2.24) is 9.97 Å². The van der Waals surface area contributed by atoms with Gasteiger partial charge in [0.05, 0.1) is 23.3 Å². The van der Waals surface area contributed by atoms with E-state index in [1.54, 1.807) is 11.4 Å². The molecule has 7 heteroatoms. The van der Waals surface area contributed by atoms with Crippen LogP contribution in [0.25, 0.3) is 6.08 Å². The number of hydrogen-bond acceptors (Lipinski definition) is 5. The number of carbonyl (C=O) groups excluding carboxylic acids is 2. The fourth-order valence-electron chi connectivity index (χ4n) is 2.03. The Kier molecular flexibility index (Phi) is 3.80. The van der Waals surface area contributed by atoms with E-state index in [0.717, 1.165) is 11.4 Å². The molecule has 1 aliphatic carbocycles. The summed E-state index contributed by atoms with van der Waals surface area (Å²) in [4.78, 5) is 32.4. The summed E-state index contributed by atoms with van der Waals surface area (Å²) in [7, 11) is 0. The minimum atomic E-state index is -0.575. The standard InChI is InChI=1S/C15H12N4O2S/c16-14(20)13-11(6-7-22-13)19-15(21)12-8-17-9-4-2-1-3-5-10(9)18-12/h1-4,6-8H,5H2,(H2,16,20)(H,19,21). The van der Waals surface area contributed by atoms with Gasteiger partial charge in [0.25, 0.3) is 11.8 Å². The quantitative estimate of drug-likeness (QED) is 0.905. The van der Waals surface area contributed by atoms with Crippen LogP contribution >= 0.6 is 11.3 Å². The highest BCUT2D eigenvalue weighted by atomic mass is 32.1. The summed E-state index contributed by atoms with van der Waals surface area (Å²) in [6.45, 7) is 0. The average molecular weight is 312 g/mol. The van der Waals surface area contributed by atoms with Gasteiger partial charge in [-0.15, -0.1) is 11.3 Å². The number of nitrogens with two attached hydrogens (primary N) is 1. The highest BCUT2D eigenvalue weighted by molar-refractivity contribution is 7.12. The predicted octanol–water partition coefficient (Wildman–Crippen LogP) is 2.01. The highest BCUT2D eigenvalue weighted by Gasteiger charge is 2.16. The van der Waals surface area contributed by atoms with E-state index in [2.05, 4.69) is 15.3 Å². The lowest BCUT2D eigenvalue weighted by Gasteiger charge is -2.07. The Labute approximate surface area is 130 Å². The monoisotopic (exact) mass is 312 g/mol. The first-order valence-corrected chi connectivity index (χ1v) is 7.41. The third-order valence-corrected chi connectivity index (χ3v) is 3.99. The normalized spacial score (nSPS) is 12.5. The molecular formula is C15H12N4O2S. The summed E-state index contributed by atoms with van der Waals surface area (Å²) < 4.78 is 0. The van der Waals surface area contributed by atoms with Crippen molar-refractivity contribution >= 4 is 34.9 Å². The molecule has 3 rings (SSSR count). The number of nitrogens with zero attached hydrogens (tertiary/aromatic N) is 2. The molecule has 2 aromatic rings. The van der Waals surface area contributed by atoms with E-state index >= 15 is 0 Å². The summed E-state index contributed by atoms with van der Waals surface area (Å²) in [6.07, 6.45) is 9.61. The van der Waals surface area contributed by atoms with E-state index in [0.29, 0.717) is 17.0 Å². The molecule has 2 aromatic heterocycles. The Balaban J connectivity index is 1.85. The average Bonchev–Trinajstić information content (AvgIpc) is 2.83. The molecule has 0 aliphatic heterocycles. The molecule has 6 nitrogen and oxygen atoms in total. The maximum absolute atomic E-state index is 12.3. The molecule has 0 fully saturated rings. The van der Waals surface area contributed by atoms with E-state index in [1.165, 1.54) is 17.5 Å². The van der Waals surface area contributed by atoms with Crippen molar-refractivity contribution < 1.29 is 9.59 Å².